The van der Waals surface area contributed by atoms with Crippen LogP contribution in [0.5, 0.6) is 11.5 Å². The van der Waals surface area contributed by atoms with Gasteiger partial charge in [0.25, 0.3) is 0 Å². The topological polar surface area (TPSA) is 38.7 Å². The van der Waals surface area contributed by atoms with Crippen LogP contribution in [0.25, 0.3) is 0 Å². The molecule has 0 aromatic heterocycles. The highest BCUT2D eigenvalue weighted by Crippen LogP contribution is 2.56. The minimum Gasteiger partial charge on any atom is -0.493 e. The van der Waals surface area contributed by atoms with Crippen molar-refractivity contribution in [1.29, 1.82) is 0 Å². The predicted octanol–water partition coefficient (Wildman–Crippen LogP) is 4.33. The Morgan fingerprint density at radius 1 is 1.24 bits per heavy atom. The number of aliphatic hydroxyl groups is 1. The second kappa shape index (κ2) is 6.86. The molecule has 0 radical (unpaired) electrons. The summed E-state index contributed by atoms with van der Waals surface area (Å²) >= 11 is 3.54. The van der Waals surface area contributed by atoms with E-state index in [1.54, 1.807) is 7.11 Å². The fourth-order valence-corrected chi connectivity index (χ4v) is 5.71. The predicted molar refractivity (Wildman–Crippen MR) is 116 cm³/mol. The lowest BCUT2D eigenvalue weighted by atomic mass is 9.69. The Balaban J connectivity index is 1.59. The molecule has 2 heterocycles. The molecule has 29 heavy (non-hydrogen) atoms. The molecule has 5 heteroatoms. The summed E-state index contributed by atoms with van der Waals surface area (Å²) in [7, 11) is 4.05. The summed E-state index contributed by atoms with van der Waals surface area (Å²) in [4.78, 5) is 0. The van der Waals surface area contributed by atoms with Crippen LogP contribution >= 0.6 is 15.9 Å². The van der Waals surface area contributed by atoms with Crippen LogP contribution in [0.2, 0.25) is 0 Å². The van der Waals surface area contributed by atoms with Crippen molar-refractivity contribution in [1.82, 2.24) is 0 Å². The minimum atomic E-state index is -0.443. The fourth-order valence-electron chi connectivity index (χ4n) is 5.44. The molecule has 2 aliphatic heterocycles. The Morgan fingerprint density at radius 3 is 2.79 bits per heavy atom. The van der Waals surface area contributed by atoms with Crippen molar-refractivity contribution in [3.63, 3.8) is 0 Å². The molecule has 1 aliphatic carbocycles. The zero-order chi connectivity index (χ0) is 20.2. The van der Waals surface area contributed by atoms with E-state index in [9.17, 15) is 5.11 Å². The van der Waals surface area contributed by atoms with Gasteiger partial charge in [0.1, 0.15) is 19.2 Å². The fraction of sp³-hybridized carbons (Fsp3) is 0.417. The number of aliphatic hydroxyl groups excluding tert-OH is 1. The maximum Gasteiger partial charge on any atom is 0.166 e. The van der Waals surface area contributed by atoms with Crippen LogP contribution in [0.3, 0.4) is 0 Å². The third kappa shape index (κ3) is 3.11. The van der Waals surface area contributed by atoms with Crippen LogP contribution in [0.15, 0.2) is 53.0 Å². The Kier molecular flexibility index (Phi) is 4.53. The van der Waals surface area contributed by atoms with Crippen molar-refractivity contribution in [3.05, 3.63) is 69.7 Å². The van der Waals surface area contributed by atoms with Gasteiger partial charge in [0.05, 0.1) is 32.2 Å². The lowest BCUT2D eigenvalue weighted by Gasteiger charge is -2.37. The van der Waals surface area contributed by atoms with Crippen molar-refractivity contribution in [2.24, 2.45) is 0 Å². The number of hydrogen-bond acceptors (Lipinski definition) is 3. The number of benzene rings is 2. The van der Waals surface area contributed by atoms with Crippen LogP contribution in [0.1, 0.15) is 29.5 Å². The Labute approximate surface area is 180 Å². The van der Waals surface area contributed by atoms with Crippen LogP contribution < -0.4 is 9.47 Å². The highest BCUT2D eigenvalue weighted by Gasteiger charge is 2.54. The molecule has 0 bridgehead atoms. The van der Waals surface area contributed by atoms with Gasteiger partial charge in [0, 0.05) is 34.0 Å². The number of ether oxygens (including phenoxy) is 2. The van der Waals surface area contributed by atoms with Crippen LogP contribution in [0.4, 0.5) is 0 Å². The van der Waals surface area contributed by atoms with E-state index in [0.717, 1.165) is 46.5 Å². The molecule has 1 spiro atoms. The number of quaternary nitrogens is 1. The molecule has 0 fully saturated rings. The van der Waals surface area contributed by atoms with Gasteiger partial charge in [0.15, 0.2) is 11.5 Å². The van der Waals surface area contributed by atoms with E-state index in [4.69, 9.17) is 9.47 Å². The Morgan fingerprint density at radius 2 is 2.03 bits per heavy atom. The van der Waals surface area contributed by atoms with Gasteiger partial charge < -0.3 is 19.1 Å². The SMILES string of the molecule is COc1ccc2c3c1O[C@H]1CC(O)C=C[C@@]31CC[N+](C)(Cc1ccc(Br)cc1)C2. The van der Waals surface area contributed by atoms with Crippen LogP contribution in [-0.2, 0) is 18.5 Å². The Bertz CT molecular complexity index is 973. The average molecular weight is 457 g/mol. The molecular formula is C24H27BrNO3+. The summed E-state index contributed by atoms with van der Waals surface area (Å²) in [5, 5.41) is 10.2. The van der Waals surface area contributed by atoms with Gasteiger partial charge in [-0.05, 0) is 24.3 Å². The van der Waals surface area contributed by atoms with Gasteiger partial charge >= 0.3 is 0 Å². The molecule has 4 nitrogen and oxygen atoms in total. The van der Waals surface area contributed by atoms with Gasteiger partial charge in [0.2, 0.25) is 0 Å². The lowest BCUT2D eigenvalue weighted by molar-refractivity contribution is -0.935. The molecule has 152 valence electrons. The first-order valence-corrected chi connectivity index (χ1v) is 11.0. The van der Waals surface area contributed by atoms with E-state index in [-0.39, 0.29) is 11.5 Å². The second-order valence-electron chi connectivity index (χ2n) is 8.98. The highest BCUT2D eigenvalue weighted by atomic mass is 79.9. The van der Waals surface area contributed by atoms with E-state index in [0.29, 0.717) is 6.42 Å². The van der Waals surface area contributed by atoms with Crippen molar-refractivity contribution < 1.29 is 19.1 Å². The second-order valence-corrected chi connectivity index (χ2v) is 9.89. The van der Waals surface area contributed by atoms with Gasteiger partial charge in [-0.3, -0.25) is 0 Å². The summed E-state index contributed by atoms with van der Waals surface area (Å²) in [6, 6.07) is 12.9. The summed E-state index contributed by atoms with van der Waals surface area (Å²) in [5.74, 6) is 1.68. The zero-order valence-corrected chi connectivity index (χ0v) is 18.5. The van der Waals surface area contributed by atoms with Crippen molar-refractivity contribution in [2.45, 2.75) is 43.6 Å². The molecule has 3 aliphatic rings. The molecule has 0 saturated heterocycles. The lowest BCUT2D eigenvalue weighted by Crippen LogP contribution is -2.46. The van der Waals surface area contributed by atoms with Gasteiger partial charge in [-0.15, -0.1) is 0 Å². The van der Waals surface area contributed by atoms with E-state index in [1.165, 1.54) is 16.7 Å². The van der Waals surface area contributed by atoms with Gasteiger partial charge in [-0.1, -0.05) is 40.2 Å². The number of halogens is 1. The monoisotopic (exact) mass is 456 g/mol. The van der Waals surface area contributed by atoms with E-state index >= 15 is 0 Å². The van der Waals surface area contributed by atoms with Gasteiger partial charge in [-0.2, -0.15) is 0 Å². The van der Waals surface area contributed by atoms with E-state index < -0.39 is 6.10 Å². The molecule has 1 N–H and O–H groups in total. The average Bonchev–Trinajstić information content (AvgIpc) is 2.97. The Hall–Kier alpha value is -1.82. The number of hydrogen-bond donors (Lipinski definition) is 1. The van der Waals surface area contributed by atoms with Gasteiger partial charge in [-0.25, -0.2) is 0 Å². The quantitative estimate of drug-likeness (QED) is 0.551. The summed E-state index contributed by atoms with van der Waals surface area (Å²) in [6.45, 7) is 2.99. The molecule has 0 saturated carbocycles. The minimum absolute atomic E-state index is 0.0354. The summed E-state index contributed by atoms with van der Waals surface area (Å²) in [6.07, 6.45) is 5.33. The number of rotatable bonds is 3. The molecule has 0 amide bonds. The largest absolute Gasteiger partial charge is 0.493 e. The molecule has 5 rings (SSSR count). The highest BCUT2D eigenvalue weighted by molar-refractivity contribution is 9.10. The normalized spacial score (nSPS) is 32.1. The van der Waals surface area contributed by atoms with Crippen molar-refractivity contribution in [3.8, 4) is 11.5 Å². The van der Waals surface area contributed by atoms with E-state index in [1.807, 2.05) is 12.1 Å². The summed E-state index contributed by atoms with van der Waals surface area (Å²) < 4.78 is 14.1. The maximum atomic E-state index is 10.2. The third-order valence-corrected chi connectivity index (χ3v) is 7.42. The molecule has 4 atom stereocenters. The third-order valence-electron chi connectivity index (χ3n) is 6.89. The van der Waals surface area contributed by atoms with Crippen molar-refractivity contribution in [2.75, 3.05) is 20.7 Å². The number of nitrogens with zero attached hydrogens (tertiary/aromatic N) is 1. The molecule has 2 aromatic carbocycles. The molecule has 2 unspecified atom stereocenters. The first-order chi connectivity index (χ1) is 13.9. The smallest absolute Gasteiger partial charge is 0.166 e. The maximum absolute atomic E-state index is 10.2. The first-order valence-electron chi connectivity index (χ1n) is 10.2. The molecule has 2 aromatic rings. The summed E-state index contributed by atoms with van der Waals surface area (Å²) in [5.41, 5.74) is 3.79. The van der Waals surface area contributed by atoms with Crippen LogP contribution in [-0.4, -0.2) is 42.5 Å². The zero-order valence-electron chi connectivity index (χ0n) is 16.9. The van der Waals surface area contributed by atoms with Crippen molar-refractivity contribution >= 4 is 15.9 Å². The first kappa shape index (κ1) is 19.2. The van der Waals surface area contributed by atoms with E-state index in [2.05, 4.69) is 59.4 Å². The number of methoxy groups -OCH3 is 1. The molecular weight excluding hydrogens is 430 g/mol. The standard InChI is InChI=1S/C24H27BrNO3/c1-26(14-16-3-6-18(25)7-4-16)12-11-24-10-9-19(27)13-21(24)29-23-20(28-2)8-5-17(15-26)22(23)24/h3-10,19,21,27H,11-15H2,1-2H3/q+1/t19?,21-,24-,26?/m0/s1. The van der Waals surface area contributed by atoms with Crippen LogP contribution in [0, 0.1) is 0 Å².